The van der Waals surface area contributed by atoms with Crippen LogP contribution in [0.1, 0.15) is 5.56 Å². The molecule has 0 aliphatic rings. The summed E-state index contributed by atoms with van der Waals surface area (Å²) in [4.78, 5) is 21.4. The van der Waals surface area contributed by atoms with Crippen LogP contribution in [0, 0.1) is 0 Å². The maximum atomic E-state index is 14.0. The van der Waals surface area contributed by atoms with Crippen molar-refractivity contribution in [2.45, 2.75) is 11.4 Å². The van der Waals surface area contributed by atoms with E-state index in [4.69, 9.17) is 21.1 Å². The molecule has 204 valence electrons. The Balaban J connectivity index is 1.63. The van der Waals surface area contributed by atoms with Crippen molar-refractivity contribution in [3.05, 3.63) is 111 Å². The summed E-state index contributed by atoms with van der Waals surface area (Å²) >= 11 is 9.71. The molecule has 0 saturated heterocycles. The van der Waals surface area contributed by atoms with Crippen LogP contribution >= 0.6 is 27.5 Å². The number of nitrogens with zero attached hydrogens (tertiary/aromatic N) is 4. The van der Waals surface area contributed by atoms with Gasteiger partial charge < -0.3 is 9.47 Å². The largest absolute Gasteiger partial charge is 0.497 e. The topological polar surface area (TPSA) is 104 Å². The quantitative estimate of drug-likeness (QED) is 0.217. The summed E-state index contributed by atoms with van der Waals surface area (Å²) in [5.74, 6) is 1.09. The van der Waals surface area contributed by atoms with E-state index >= 15 is 0 Å². The molecule has 0 atom stereocenters. The SMILES string of the molecule is COc1ccc(CN(c2ncccn2)S(=O)(=O)c2ccc3c(ccc(=O)n3-c3cc(Cl)c(Br)cc3OC)c2)cc1. The van der Waals surface area contributed by atoms with Gasteiger partial charge in [0, 0.05) is 28.3 Å². The Morgan fingerprint density at radius 2 is 1.68 bits per heavy atom. The molecule has 0 radical (unpaired) electrons. The van der Waals surface area contributed by atoms with Crippen LogP contribution in [-0.2, 0) is 16.6 Å². The van der Waals surface area contributed by atoms with E-state index in [1.807, 2.05) is 0 Å². The molecule has 0 amide bonds. The summed E-state index contributed by atoms with van der Waals surface area (Å²) in [6.07, 6.45) is 2.96. The molecule has 0 fully saturated rings. The molecule has 2 aromatic heterocycles. The fourth-order valence-electron chi connectivity index (χ4n) is 4.20. The second kappa shape index (κ2) is 11.3. The molecule has 0 N–H and O–H groups in total. The maximum Gasteiger partial charge on any atom is 0.266 e. The van der Waals surface area contributed by atoms with Crippen LogP contribution in [0.25, 0.3) is 16.6 Å². The third kappa shape index (κ3) is 5.27. The second-order valence-corrected chi connectivity index (χ2v) is 11.7. The normalized spacial score (nSPS) is 11.4. The highest BCUT2D eigenvalue weighted by atomic mass is 79.9. The zero-order valence-electron chi connectivity index (χ0n) is 21.3. The molecule has 0 spiro atoms. The number of hydrogen-bond donors (Lipinski definition) is 0. The third-order valence-corrected chi connectivity index (χ3v) is 9.10. The van der Waals surface area contributed by atoms with Crippen molar-refractivity contribution < 1.29 is 17.9 Å². The van der Waals surface area contributed by atoms with Crippen LogP contribution in [0.2, 0.25) is 5.02 Å². The van der Waals surface area contributed by atoms with Crippen LogP contribution in [0.3, 0.4) is 0 Å². The number of rotatable bonds is 8. The number of halogens is 2. The lowest BCUT2D eigenvalue weighted by Crippen LogP contribution is -2.32. The molecule has 0 saturated carbocycles. The number of hydrogen-bond acceptors (Lipinski definition) is 7. The molecule has 5 aromatic rings. The van der Waals surface area contributed by atoms with E-state index in [1.54, 1.807) is 61.7 Å². The molecule has 9 nitrogen and oxygen atoms in total. The first-order valence-electron chi connectivity index (χ1n) is 11.8. The lowest BCUT2D eigenvalue weighted by Gasteiger charge is -2.23. The van der Waals surface area contributed by atoms with Gasteiger partial charge in [0.1, 0.15) is 11.5 Å². The molecule has 40 heavy (non-hydrogen) atoms. The predicted molar refractivity (Wildman–Crippen MR) is 157 cm³/mol. The minimum Gasteiger partial charge on any atom is -0.497 e. The van der Waals surface area contributed by atoms with Crippen LogP contribution in [0.4, 0.5) is 5.95 Å². The smallest absolute Gasteiger partial charge is 0.266 e. The summed E-state index contributed by atoms with van der Waals surface area (Å²) in [7, 11) is -1.09. The van der Waals surface area contributed by atoms with E-state index in [9.17, 15) is 13.2 Å². The first-order valence-corrected chi connectivity index (χ1v) is 14.5. The molecule has 0 aliphatic carbocycles. The average Bonchev–Trinajstić information content (AvgIpc) is 2.97. The van der Waals surface area contributed by atoms with Crippen LogP contribution in [-0.4, -0.2) is 37.2 Å². The summed E-state index contributed by atoms with van der Waals surface area (Å²) in [5.41, 5.74) is 1.27. The molecule has 2 heterocycles. The average molecular weight is 642 g/mol. The van der Waals surface area contributed by atoms with Crippen molar-refractivity contribution in [2.75, 3.05) is 18.5 Å². The molecule has 0 bridgehead atoms. The van der Waals surface area contributed by atoms with Crippen molar-refractivity contribution >= 4 is 54.4 Å². The summed E-state index contributed by atoms with van der Waals surface area (Å²) < 4.78 is 41.9. The van der Waals surface area contributed by atoms with Gasteiger partial charge in [0.2, 0.25) is 5.95 Å². The number of ether oxygens (including phenoxy) is 2. The number of pyridine rings is 1. The fraction of sp³-hybridized carbons (Fsp3) is 0.107. The molecule has 0 aliphatic heterocycles. The Morgan fingerprint density at radius 1 is 0.950 bits per heavy atom. The van der Waals surface area contributed by atoms with Gasteiger partial charge in [-0.15, -0.1) is 0 Å². The fourth-order valence-corrected chi connectivity index (χ4v) is 6.08. The molecular weight excluding hydrogens is 620 g/mol. The van der Waals surface area contributed by atoms with Gasteiger partial charge in [-0.25, -0.2) is 22.7 Å². The standard InChI is InChI=1S/C28H22BrClN4O5S/c1-38-20-7-4-18(5-8-20)17-33(28-31-12-3-13-32-28)40(36,37)21-9-10-24-19(14-21)6-11-27(35)34(24)25-16-23(30)22(29)15-26(25)39-2/h3-16H,17H2,1-2H3. The summed E-state index contributed by atoms with van der Waals surface area (Å²) in [6, 6.07) is 19.4. The number of methoxy groups -OCH3 is 2. The number of sulfonamides is 1. The van der Waals surface area contributed by atoms with E-state index in [1.165, 1.54) is 42.3 Å². The van der Waals surface area contributed by atoms with Gasteiger partial charge in [-0.1, -0.05) is 23.7 Å². The van der Waals surface area contributed by atoms with Gasteiger partial charge in [-0.05, 0) is 76.1 Å². The highest BCUT2D eigenvalue weighted by Crippen LogP contribution is 2.34. The van der Waals surface area contributed by atoms with Crippen molar-refractivity contribution in [2.24, 2.45) is 0 Å². The zero-order valence-corrected chi connectivity index (χ0v) is 24.4. The number of aromatic nitrogens is 3. The van der Waals surface area contributed by atoms with Gasteiger partial charge >= 0.3 is 0 Å². The van der Waals surface area contributed by atoms with E-state index in [0.29, 0.717) is 43.1 Å². The third-order valence-electron chi connectivity index (χ3n) is 6.18. The first-order chi connectivity index (χ1) is 19.2. The van der Waals surface area contributed by atoms with E-state index in [2.05, 4.69) is 25.9 Å². The van der Waals surface area contributed by atoms with Crippen molar-refractivity contribution in [1.82, 2.24) is 14.5 Å². The number of fused-ring (bicyclic) bond motifs is 1. The number of anilines is 1. The minimum absolute atomic E-state index is 0.00645. The van der Waals surface area contributed by atoms with Crippen molar-refractivity contribution in [3.8, 4) is 17.2 Å². The second-order valence-electron chi connectivity index (χ2n) is 8.57. The Hall–Kier alpha value is -3.93. The Morgan fingerprint density at radius 3 is 2.35 bits per heavy atom. The van der Waals surface area contributed by atoms with Gasteiger partial charge in [0.25, 0.3) is 15.6 Å². The zero-order chi connectivity index (χ0) is 28.4. The minimum atomic E-state index is -4.13. The molecule has 3 aromatic carbocycles. The Kier molecular flexibility index (Phi) is 7.79. The summed E-state index contributed by atoms with van der Waals surface area (Å²) in [6.45, 7) is -0.0114. The summed E-state index contributed by atoms with van der Waals surface area (Å²) in [5, 5.41) is 0.899. The van der Waals surface area contributed by atoms with E-state index in [-0.39, 0.29) is 22.9 Å². The molecule has 5 rings (SSSR count). The highest BCUT2D eigenvalue weighted by Gasteiger charge is 2.28. The highest BCUT2D eigenvalue weighted by molar-refractivity contribution is 9.10. The Labute approximate surface area is 243 Å². The van der Waals surface area contributed by atoms with Crippen LogP contribution in [0.5, 0.6) is 11.5 Å². The van der Waals surface area contributed by atoms with Gasteiger partial charge in [0.15, 0.2) is 0 Å². The maximum absolute atomic E-state index is 14.0. The van der Waals surface area contributed by atoms with Crippen molar-refractivity contribution in [3.63, 3.8) is 0 Å². The lowest BCUT2D eigenvalue weighted by molar-refractivity contribution is 0.412. The molecular formula is C28H22BrClN4O5S. The van der Waals surface area contributed by atoms with Crippen molar-refractivity contribution in [1.29, 1.82) is 0 Å². The van der Waals surface area contributed by atoms with E-state index in [0.717, 1.165) is 4.31 Å². The first kappa shape index (κ1) is 27.6. The Bertz CT molecular complexity index is 1870. The van der Waals surface area contributed by atoms with Gasteiger partial charge in [-0.2, -0.15) is 0 Å². The van der Waals surface area contributed by atoms with Crippen LogP contribution in [0.15, 0.2) is 99.4 Å². The van der Waals surface area contributed by atoms with Gasteiger partial charge in [-0.3, -0.25) is 9.36 Å². The molecule has 0 unspecified atom stereocenters. The number of benzene rings is 3. The lowest BCUT2D eigenvalue weighted by atomic mass is 10.2. The predicted octanol–water partition coefficient (Wildman–Crippen LogP) is 5.61. The monoisotopic (exact) mass is 640 g/mol. The van der Waals surface area contributed by atoms with Gasteiger partial charge in [0.05, 0.1) is 41.9 Å². The van der Waals surface area contributed by atoms with Crippen LogP contribution < -0.4 is 19.3 Å². The molecule has 12 heteroatoms. The van der Waals surface area contributed by atoms with E-state index < -0.39 is 10.0 Å².